The minimum Gasteiger partial charge on any atom is -0.490 e. The summed E-state index contributed by atoms with van der Waals surface area (Å²) in [6.07, 6.45) is 0.881. The molecular formula is C34H32O8. The molecule has 0 aliphatic carbocycles. The molecule has 0 aromatic heterocycles. The minimum atomic E-state index is -0.665. The van der Waals surface area contributed by atoms with E-state index < -0.39 is 24.1 Å². The van der Waals surface area contributed by atoms with Crippen LogP contribution in [0.5, 0.6) is 23.0 Å². The average molecular weight is 569 g/mol. The smallest absolute Gasteiger partial charge is 0.330 e. The van der Waals surface area contributed by atoms with Crippen LogP contribution in [-0.4, -0.2) is 50.6 Å². The molecule has 2 atom stereocenters. The van der Waals surface area contributed by atoms with Crippen LogP contribution in [0.4, 0.5) is 0 Å². The highest BCUT2D eigenvalue weighted by Crippen LogP contribution is 2.29. The van der Waals surface area contributed by atoms with Gasteiger partial charge < -0.3 is 28.4 Å². The van der Waals surface area contributed by atoms with Crippen LogP contribution >= 0.6 is 0 Å². The lowest BCUT2D eigenvalue weighted by Crippen LogP contribution is -2.30. The van der Waals surface area contributed by atoms with E-state index >= 15 is 0 Å². The molecule has 0 N–H and O–H groups in total. The molecule has 8 nitrogen and oxygen atoms in total. The molecule has 0 amide bonds. The highest BCUT2D eigenvalue weighted by atomic mass is 16.6. The first kappa shape index (κ1) is 29.7. The predicted octanol–water partition coefficient (Wildman–Crippen LogP) is 5.95. The molecule has 0 aliphatic rings. The topological polar surface area (TPSA) is 89.5 Å². The van der Waals surface area contributed by atoms with Crippen LogP contribution in [-0.2, 0) is 19.1 Å². The number of benzene rings is 4. The maximum atomic E-state index is 11.9. The summed E-state index contributed by atoms with van der Waals surface area (Å²) in [5, 5.41) is 1.70. The van der Waals surface area contributed by atoms with Gasteiger partial charge in [-0.3, -0.25) is 0 Å². The normalized spacial score (nSPS) is 11.9. The van der Waals surface area contributed by atoms with Gasteiger partial charge in [-0.05, 0) is 53.9 Å². The number of carbonyl (C=O) groups is 2. The fraction of sp³-hybridized carbons (Fsp3) is 0.176. The zero-order valence-electron chi connectivity index (χ0n) is 23.1. The Balaban J connectivity index is 1.39. The monoisotopic (exact) mass is 568 g/mol. The zero-order chi connectivity index (χ0) is 29.6. The van der Waals surface area contributed by atoms with Crippen molar-refractivity contribution in [1.29, 1.82) is 0 Å². The van der Waals surface area contributed by atoms with Gasteiger partial charge in [0.25, 0.3) is 0 Å². The van der Waals surface area contributed by atoms with Crippen molar-refractivity contribution >= 4 is 22.7 Å². The van der Waals surface area contributed by atoms with Gasteiger partial charge >= 0.3 is 11.9 Å². The maximum absolute atomic E-state index is 11.9. The second-order valence-electron chi connectivity index (χ2n) is 9.04. The first-order chi connectivity index (χ1) is 20.5. The number of para-hydroxylation sites is 2. The van der Waals surface area contributed by atoms with Crippen molar-refractivity contribution in [2.45, 2.75) is 12.2 Å². The maximum Gasteiger partial charge on any atom is 0.330 e. The molecule has 0 fully saturated rings. The molecule has 216 valence electrons. The standard InChI is InChI=1S/C34H32O8/c1-3-33(35)41-29(21-37-26-13-7-5-8-14-26)23-39-28-18-19-31-25(20-28)12-11-17-32(31)40-24-30(42-34(36)4-2)22-38-27-15-9-6-10-16-27/h3-20,29-30H,1-2,21-24H2. The number of rotatable bonds is 16. The minimum absolute atomic E-state index is 0.0710. The fourth-order valence-corrected chi connectivity index (χ4v) is 3.89. The molecule has 0 aliphatic heterocycles. The van der Waals surface area contributed by atoms with Gasteiger partial charge in [0.2, 0.25) is 0 Å². The lowest BCUT2D eigenvalue weighted by molar-refractivity contribution is -0.147. The summed E-state index contributed by atoms with van der Waals surface area (Å²) in [7, 11) is 0. The lowest BCUT2D eigenvalue weighted by atomic mass is 10.1. The first-order valence-corrected chi connectivity index (χ1v) is 13.3. The van der Waals surface area contributed by atoms with Gasteiger partial charge in [0.15, 0.2) is 12.2 Å². The number of carbonyl (C=O) groups excluding carboxylic acids is 2. The van der Waals surface area contributed by atoms with E-state index in [1.54, 1.807) is 6.07 Å². The fourth-order valence-electron chi connectivity index (χ4n) is 3.89. The van der Waals surface area contributed by atoms with Gasteiger partial charge in [0, 0.05) is 17.5 Å². The summed E-state index contributed by atoms with van der Waals surface area (Å²) in [4.78, 5) is 23.7. The molecule has 42 heavy (non-hydrogen) atoms. The molecule has 0 saturated carbocycles. The molecule has 0 spiro atoms. The summed E-state index contributed by atoms with van der Waals surface area (Å²) in [5.74, 6) is 1.37. The van der Waals surface area contributed by atoms with Crippen molar-refractivity contribution in [1.82, 2.24) is 0 Å². The Morgan fingerprint density at radius 1 is 0.571 bits per heavy atom. The Morgan fingerprint density at radius 3 is 1.60 bits per heavy atom. The Bertz CT molecular complexity index is 1470. The number of esters is 2. The summed E-state index contributed by atoms with van der Waals surface area (Å²) < 4.78 is 34.4. The van der Waals surface area contributed by atoms with Crippen LogP contribution in [0.15, 0.2) is 122 Å². The predicted molar refractivity (Wildman–Crippen MR) is 159 cm³/mol. The van der Waals surface area contributed by atoms with Crippen molar-refractivity contribution in [2.24, 2.45) is 0 Å². The molecule has 4 rings (SSSR count). The van der Waals surface area contributed by atoms with Crippen LogP contribution < -0.4 is 18.9 Å². The van der Waals surface area contributed by atoms with Crippen molar-refractivity contribution in [3.05, 3.63) is 122 Å². The Kier molecular flexibility index (Phi) is 11.0. The van der Waals surface area contributed by atoms with Gasteiger partial charge in [0.05, 0.1) is 0 Å². The molecule has 0 bridgehead atoms. The molecule has 4 aromatic carbocycles. The van der Waals surface area contributed by atoms with E-state index in [9.17, 15) is 9.59 Å². The quantitative estimate of drug-likeness (QED) is 0.121. The van der Waals surface area contributed by atoms with E-state index in [1.807, 2.05) is 91.0 Å². The average Bonchev–Trinajstić information content (AvgIpc) is 3.04. The summed E-state index contributed by atoms with van der Waals surface area (Å²) in [6, 6.07) is 29.6. The SMILES string of the molecule is C=CC(=O)OC(COc1ccccc1)COc1ccc2c(OCC(COc3ccccc3)OC(=O)C=C)cccc2c1. The molecule has 0 saturated heterocycles. The zero-order valence-corrected chi connectivity index (χ0v) is 23.1. The summed E-state index contributed by atoms with van der Waals surface area (Å²) in [6.45, 7) is 7.29. The number of hydrogen-bond donors (Lipinski definition) is 0. The summed E-state index contributed by atoms with van der Waals surface area (Å²) >= 11 is 0. The van der Waals surface area contributed by atoms with Crippen LogP contribution in [0, 0.1) is 0 Å². The van der Waals surface area contributed by atoms with Crippen LogP contribution in [0.1, 0.15) is 0 Å². The van der Waals surface area contributed by atoms with Crippen LogP contribution in [0.2, 0.25) is 0 Å². The van der Waals surface area contributed by atoms with E-state index in [0.29, 0.717) is 23.0 Å². The van der Waals surface area contributed by atoms with E-state index in [4.69, 9.17) is 28.4 Å². The summed E-state index contributed by atoms with van der Waals surface area (Å²) in [5.41, 5.74) is 0. The van der Waals surface area contributed by atoms with Gasteiger partial charge in [-0.1, -0.05) is 61.7 Å². The van der Waals surface area contributed by atoms with E-state index in [-0.39, 0.29) is 26.4 Å². The van der Waals surface area contributed by atoms with Crippen molar-refractivity contribution in [3.8, 4) is 23.0 Å². The Morgan fingerprint density at radius 2 is 1.07 bits per heavy atom. The van der Waals surface area contributed by atoms with E-state index in [2.05, 4.69) is 13.2 Å². The van der Waals surface area contributed by atoms with Gasteiger partial charge in [-0.2, -0.15) is 0 Å². The molecular weight excluding hydrogens is 536 g/mol. The lowest BCUT2D eigenvalue weighted by Gasteiger charge is -2.20. The molecule has 0 radical (unpaired) electrons. The Labute approximate surface area is 244 Å². The third kappa shape index (κ3) is 9.16. The first-order valence-electron chi connectivity index (χ1n) is 13.3. The third-order valence-corrected chi connectivity index (χ3v) is 5.93. The number of fused-ring (bicyclic) bond motifs is 1. The molecule has 4 aromatic rings. The number of ether oxygens (including phenoxy) is 6. The molecule has 0 heterocycles. The van der Waals surface area contributed by atoms with E-state index in [1.165, 1.54) is 0 Å². The van der Waals surface area contributed by atoms with E-state index in [0.717, 1.165) is 22.9 Å². The van der Waals surface area contributed by atoms with Crippen molar-refractivity contribution in [3.63, 3.8) is 0 Å². The Hall–Kier alpha value is -5.24. The van der Waals surface area contributed by atoms with Crippen molar-refractivity contribution < 1.29 is 38.0 Å². The van der Waals surface area contributed by atoms with Crippen molar-refractivity contribution in [2.75, 3.05) is 26.4 Å². The third-order valence-electron chi connectivity index (χ3n) is 5.93. The second-order valence-corrected chi connectivity index (χ2v) is 9.04. The van der Waals surface area contributed by atoms with Gasteiger partial charge in [-0.15, -0.1) is 0 Å². The van der Waals surface area contributed by atoms with Crippen LogP contribution in [0.25, 0.3) is 10.8 Å². The van der Waals surface area contributed by atoms with Gasteiger partial charge in [-0.25, -0.2) is 9.59 Å². The van der Waals surface area contributed by atoms with Crippen LogP contribution in [0.3, 0.4) is 0 Å². The van der Waals surface area contributed by atoms with Gasteiger partial charge in [0.1, 0.15) is 49.4 Å². The second kappa shape index (κ2) is 15.5. The highest BCUT2D eigenvalue weighted by molar-refractivity contribution is 5.89. The largest absolute Gasteiger partial charge is 0.490 e. The highest BCUT2D eigenvalue weighted by Gasteiger charge is 2.18. The number of hydrogen-bond acceptors (Lipinski definition) is 8. The molecule has 8 heteroatoms. The molecule has 2 unspecified atom stereocenters.